The predicted octanol–water partition coefficient (Wildman–Crippen LogP) is 9.93. The van der Waals surface area contributed by atoms with Crippen LogP contribution in [0.5, 0.6) is 0 Å². The number of aryl methyl sites for hydroxylation is 1. The molecule has 1 N–H and O–H groups in total. The van der Waals surface area contributed by atoms with Crippen LogP contribution in [-0.4, -0.2) is 11.3 Å². The fourth-order valence-electron chi connectivity index (χ4n) is 4.81. The smallest absolute Gasteiger partial charge is 0.117 e. The van der Waals surface area contributed by atoms with Gasteiger partial charge in [0, 0.05) is 0 Å². The second-order valence-electron chi connectivity index (χ2n) is 9.52. The van der Waals surface area contributed by atoms with Gasteiger partial charge in [-0.25, -0.2) is 0 Å². The average molecular weight is 600 g/mol. The number of furan rings is 1. The van der Waals surface area contributed by atoms with Gasteiger partial charge >= 0.3 is 34.5 Å². The summed E-state index contributed by atoms with van der Waals surface area (Å²) in [5, 5.41) is 3.93. The van der Waals surface area contributed by atoms with Gasteiger partial charge in [0.05, 0.1) is 12.8 Å². The zero-order valence-electron chi connectivity index (χ0n) is 20.5. The summed E-state index contributed by atoms with van der Waals surface area (Å²) in [5.74, 6) is 1.75. The van der Waals surface area contributed by atoms with E-state index in [-0.39, 0.29) is 23.2 Å². The van der Waals surface area contributed by atoms with Crippen molar-refractivity contribution in [2.24, 2.45) is 0 Å². The molecule has 0 amide bonds. The molecular formula is C27H42Cl2NOPRu. The molecule has 2 aromatic rings. The van der Waals surface area contributed by atoms with E-state index < -0.39 is 0 Å². The third kappa shape index (κ3) is 11.6. The number of hydrogen-bond acceptors (Lipinski definition) is 2. The van der Waals surface area contributed by atoms with Crippen LogP contribution in [0.25, 0.3) is 0 Å². The molecular weight excluding hydrogens is 557 g/mol. The van der Waals surface area contributed by atoms with Crippen LogP contribution in [0.1, 0.15) is 101 Å². The molecule has 1 aromatic heterocycles. The normalized spacial score (nSPS) is 17.4. The molecule has 0 bridgehead atoms. The second-order valence-corrected chi connectivity index (χ2v) is 14.8. The summed E-state index contributed by atoms with van der Waals surface area (Å²) in [5.41, 5.74) is 4.70. The Bertz CT molecular complexity index is 696. The number of nitrogens with one attached hydrogen (secondary N) is 1. The zero-order chi connectivity index (χ0) is 23.9. The van der Waals surface area contributed by atoms with E-state index in [1.54, 1.807) is 6.26 Å². The Kier molecular flexibility index (Phi) is 15.6. The monoisotopic (exact) mass is 599 g/mol. The van der Waals surface area contributed by atoms with Crippen molar-refractivity contribution in [1.29, 1.82) is 0 Å². The van der Waals surface area contributed by atoms with Gasteiger partial charge in [0.15, 0.2) is 0 Å². The van der Waals surface area contributed by atoms with Crippen LogP contribution < -0.4 is 5.09 Å². The number of rotatable bonds is 6. The molecule has 2 nitrogen and oxygen atoms in total. The predicted molar refractivity (Wildman–Crippen MR) is 143 cm³/mol. The molecule has 188 valence electrons. The standard InChI is InChI=1S/C17H28NOP.C10H14.2ClH.Ru/c1-3-9-16(10-4-1)20(17-11-5-2-6-12-17)18-14-15-8-7-13-19-15;1-8(2)10-6-4-9(3)5-7-10;;;/h7-8,13,16-18H,1-6,9-12,14H2;4-8H,1-3H3;2*1H;/q;;;;+2/p-2. The molecule has 0 radical (unpaired) electrons. The average Bonchev–Trinajstić information content (AvgIpc) is 3.36. The largest absolute Gasteiger partial charge is 0.468 e. The Balaban J connectivity index is 0.000000249. The molecule has 0 unspecified atom stereocenters. The van der Waals surface area contributed by atoms with Crippen molar-refractivity contribution >= 4 is 27.5 Å². The Morgan fingerprint density at radius 3 is 1.85 bits per heavy atom. The summed E-state index contributed by atoms with van der Waals surface area (Å²) in [6.45, 7) is 7.48. The molecule has 1 heterocycles. The van der Waals surface area contributed by atoms with Crippen LogP contribution in [0, 0.1) is 6.92 Å². The maximum atomic E-state index is 5.51. The van der Waals surface area contributed by atoms with Gasteiger partial charge in [0.1, 0.15) is 5.76 Å². The van der Waals surface area contributed by atoms with Gasteiger partial charge in [0.2, 0.25) is 0 Å². The topological polar surface area (TPSA) is 25.2 Å². The van der Waals surface area contributed by atoms with Gasteiger partial charge in [-0.1, -0.05) is 82.2 Å². The summed E-state index contributed by atoms with van der Waals surface area (Å²) < 4.78 is 5.51. The molecule has 2 aliphatic carbocycles. The van der Waals surface area contributed by atoms with Gasteiger partial charge < -0.3 is 4.42 Å². The molecule has 2 saturated carbocycles. The minimum atomic E-state index is -0.346. The molecule has 2 aliphatic rings. The van der Waals surface area contributed by atoms with Crippen molar-refractivity contribution in [1.82, 2.24) is 5.09 Å². The van der Waals surface area contributed by atoms with Crippen molar-refractivity contribution in [3.05, 3.63) is 59.5 Å². The first kappa shape index (κ1) is 29.3. The van der Waals surface area contributed by atoms with E-state index >= 15 is 0 Å². The van der Waals surface area contributed by atoms with Crippen molar-refractivity contribution in [2.75, 3.05) is 0 Å². The summed E-state index contributed by atoms with van der Waals surface area (Å²) >= 11 is -0.346. The molecule has 4 rings (SSSR count). The molecule has 33 heavy (non-hydrogen) atoms. The Labute approximate surface area is 219 Å². The van der Waals surface area contributed by atoms with Crippen molar-refractivity contribution in [2.45, 2.75) is 109 Å². The van der Waals surface area contributed by atoms with Gasteiger partial charge in [-0.05, 0) is 75.6 Å². The molecule has 0 spiro atoms. The van der Waals surface area contributed by atoms with E-state index in [0.717, 1.165) is 23.6 Å². The molecule has 2 fully saturated rings. The summed E-state index contributed by atoms with van der Waals surface area (Å²) in [7, 11) is 9.70. The van der Waals surface area contributed by atoms with Crippen LogP contribution in [0.4, 0.5) is 0 Å². The van der Waals surface area contributed by atoms with Crippen LogP contribution in [0.15, 0.2) is 47.1 Å². The van der Waals surface area contributed by atoms with Crippen molar-refractivity contribution in [3.63, 3.8) is 0 Å². The minimum Gasteiger partial charge on any atom is -0.468 e. The molecule has 6 heteroatoms. The summed E-state index contributed by atoms with van der Waals surface area (Å²) in [4.78, 5) is 0. The van der Waals surface area contributed by atoms with E-state index in [1.165, 1.54) is 75.3 Å². The van der Waals surface area contributed by atoms with Gasteiger partial charge in [-0.15, -0.1) is 0 Å². The maximum absolute atomic E-state index is 5.51. The van der Waals surface area contributed by atoms with Crippen LogP contribution in [-0.2, 0) is 21.7 Å². The van der Waals surface area contributed by atoms with Crippen molar-refractivity contribution in [3.8, 4) is 0 Å². The third-order valence-electron chi connectivity index (χ3n) is 6.70. The number of benzene rings is 1. The number of hydrogen-bond donors (Lipinski definition) is 1. The fourth-order valence-corrected chi connectivity index (χ4v) is 8.10. The molecule has 0 aliphatic heterocycles. The third-order valence-corrected chi connectivity index (χ3v) is 9.83. The maximum Gasteiger partial charge on any atom is 0.117 e. The van der Waals surface area contributed by atoms with Gasteiger partial charge in [-0.2, -0.15) is 0 Å². The first-order chi connectivity index (χ1) is 16.0. The van der Waals surface area contributed by atoms with Crippen molar-refractivity contribution < 1.29 is 19.6 Å². The molecule has 1 aromatic carbocycles. The van der Waals surface area contributed by atoms with E-state index in [0.29, 0.717) is 5.92 Å². The van der Waals surface area contributed by atoms with E-state index in [9.17, 15) is 0 Å². The zero-order valence-corrected chi connectivity index (χ0v) is 24.7. The van der Waals surface area contributed by atoms with Crippen LogP contribution >= 0.6 is 27.5 Å². The summed E-state index contributed by atoms with van der Waals surface area (Å²) in [6.07, 6.45) is 16.4. The van der Waals surface area contributed by atoms with Crippen LogP contribution in [0.3, 0.4) is 0 Å². The Morgan fingerprint density at radius 2 is 1.42 bits per heavy atom. The minimum absolute atomic E-state index is 0.0118. The second kappa shape index (κ2) is 17.5. The van der Waals surface area contributed by atoms with E-state index in [4.69, 9.17) is 23.8 Å². The quantitative estimate of drug-likeness (QED) is 0.264. The van der Waals surface area contributed by atoms with E-state index in [1.807, 2.05) is 6.07 Å². The van der Waals surface area contributed by atoms with E-state index in [2.05, 4.69) is 56.2 Å². The Hall–Kier alpha value is 0.0934. The molecule has 0 atom stereocenters. The molecule has 0 saturated heterocycles. The van der Waals surface area contributed by atoms with Crippen LogP contribution in [0.2, 0.25) is 0 Å². The number of halogens is 2. The van der Waals surface area contributed by atoms with Gasteiger partial charge in [0.25, 0.3) is 0 Å². The first-order valence-corrected chi connectivity index (χ1v) is 18.5. The Morgan fingerprint density at radius 1 is 0.909 bits per heavy atom. The summed E-state index contributed by atoms with van der Waals surface area (Å²) in [6, 6.07) is 12.8. The fraction of sp³-hybridized carbons (Fsp3) is 0.630. The van der Waals surface area contributed by atoms with Gasteiger partial charge in [-0.3, -0.25) is 5.09 Å². The SMILES string of the molecule is Cc1ccc(C(C)C)cc1.[Cl][Ru][Cl].c1coc(CNP(C2CCCCC2)C2CCCCC2)c1. The first-order valence-electron chi connectivity index (χ1n) is 12.5.